The first-order valence-corrected chi connectivity index (χ1v) is 5.79. The van der Waals surface area contributed by atoms with Crippen molar-refractivity contribution < 1.29 is 14.7 Å². The van der Waals surface area contributed by atoms with E-state index in [2.05, 4.69) is 5.32 Å². The molecule has 6 nitrogen and oxygen atoms in total. The second kappa shape index (κ2) is 7.01. The van der Waals surface area contributed by atoms with Crippen LogP contribution in [-0.4, -0.2) is 29.7 Å². The van der Waals surface area contributed by atoms with Crippen LogP contribution in [0, 0.1) is 11.3 Å². The Morgan fingerprint density at radius 3 is 2.58 bits per heavy atom. The SMILES string of the molecule is C[C@H](NC(=O)N(CCC#N)c1ccccc1)C(=O)O. The molecule has 1 aromatic rings. The van der Waals surface area contributed by atoms with Gasteiger partial charge in [-0.1, -0.05) is 18.2 Å². The highest BCUT2D eigenvalue weighted by Gasteiger charge is 2.20. The maximum atomic E-state index is 12.0. The second-order valence-electron chi connectivity index (χ2n) is 3.90. The first-order valence-electron chi connectivity index (χ1n) is 5.79. The average molecular weight is 261 g/mol. The number of nitrogens with zero attached hydrogens (tertiary/aromatic N) is 2. The number of para-hydroxylation sites is 1. The first kappa shape index (κ1) is 14.5. The van der Waals surface area contributed by atoms with Crippen LogP contribution in [0.3, 0.4) is 0 Å². The Morgan fingerprint density at radius 1 is 1.42 bits per heavy atom. The van der Waals surface area contributed by atoms with Crippen molar-refractivity contribution >= 4 is 17.7 Å². The molecule has 6 heteroatoms. The Kier molecular flexibility index (Phi) is 5.35. The van der Waals surface area contributed by atoms with Crippen LogP contribution in [0.15, 0.2) is 30.3 Å². The lowest BCUT2D eigenvalue weighted by atomic mass is 10.2. The average Bonchev–Trinajstić information content (AvgIpc) is 2.40. The van der Waals surface area contributed by atoms with Crippen molar-refractivity contribution in [1.82, 2.24) is 5.32 Å². The quantitative estimate of drug-likeness (QED) is 0.841. The molecule has 100 valence electrons. The molecule has 0 saturated heterocycles. The van der Waals surface area contributed by atoms with Gasteiger partial charge >= 0.3 is 12.0 Å². The van der Waals surface area contributed by atoms with Crippen LogP contribution in [0.4, 0.5) is 10.5 Å². The van der Waals surface area contributed by atoms with Crippen LogP contribution in [0.1, 0.15) is 13.3 Å². The molecule has 0 aliphatic heterocycles. The van der Waals surface area contributed by atoms with Gasteiger partial charge in [-0.3, -0.25) is 9.69 Å². The van der Waals surface area contributed by atoms with E-state index in [1.807, 2.05) is 12.1 Å². The van der Waals surface area contributed by atoms with Crippen molar-refractivity contribution in [3.63, 3.8) is 0 Å². The fraction of sp³-hybridized carbons (Fsp3) is 0.308. The second-order valence-corrected chi connectivity index (χ2v) is 3.90. The molecule has 0 spiro atoms. The summed E-state index contributed by atoms with van der Waals surface area (Å²) < 4.78 is 0. The lowest BCUT2D eigenvalue weighted by Crippen LogP contribution is -2.47. The molecule has 0 unspecified atom stereocenters. The van der Waals surface area contributed by atoms with Gasteiger partial charge in [0.2, 0.25) is 0 Å². The van der Waals surface area contributed by atoms with Gasteiger partial charge in [-0.05, 0) is 19.1 Å². The number of urea groups is 1. The minimum Gasteiger partial charge on any atom is -0.480 e. The highest BCUT2D eigenvalue weighted by molar-refractivity contribution is 5.94. The van der Waals surface area contributed by atoms with E-state index in [-0.39, 0.29) is 13.0 Å². The minimum atomic E-state index is -1.11. The summed E-state index contributed by atoms with van der Waals surface area (Å²) in [5.74, 6) is -1.11. The number of carbonyl (C=O) groups excluding carboxylic acids is 1. The van der Waals surface area contributed by atoms with Gasteiger partial charge in [-0.25, -0.2) is 4.79 Å². The number of rotatable bonds is 5. The first-order chi connectivity index (χ1) is 9.06. The Hall–Kier alpha value is -2.55. The molecule has 0 fully saturated rings. The van der Waals surface area contributed by atoms with Gasteiger partial charge in [0.05, 0.1) is 12.5 Å². The summed E-state index contributed by atoms with van der Waals surface area (Å²) in [7, 11) is 0. The molecular weight excluding hydrogens is 246 g/mol. The normalized spacial score (nSPS) is 11.2. The van der Waals surface area contributed by atoms with Crippen LogP contribution in [-0.2, 0) is 4.79 Å². The van der Waals surface area contributed by atoms with Crippen LogP contribution in [0.2, 0.25) is 0 Å². The number of hydrogen-bond acceptors (Lipinski definition) is 3. The molecule has 0 aliphatic rings. The zero-order valence-electron chi connectivity index (χ0n) is 10.5. The molecule has 0 bridgehead atoms. The lowest BCUT2D eigenvalue weighted by Gasteiger charge is -2.23. The number of carboxylic acids is 1. The maximum absolute atomic E-state index is 12.0. The molecule has 1 rings (SSSR count). The standard InChI is InChI=1S/C13H15N3O3/c1-10(12(17)18)15-13(19)16(9-5-8-14)11-6-3-2-4-7-11/h2-4,6-7,10H,5,9H2,1H3,(H,15,19)(H,17,18)/t10-/m0/s1. The summed E-state index contributed by atoms with van der Waals surface area (Å²) >= 11 is 0. The van der Waals surface area contributed by atoms with Crippen molar-refractivity contribution in [3.8, 4) is 6.07 Å². The van der Waals surface area contributed by atoms with Crippen molar-refractivity contribution in [2.24, 2.45) is 0 Å². The van der Waals surface area contributed by atoms with Gasteiger partial charge in [0.15, 0.2) is 0 Å². The fourth-order valence-electron chi connectivity index (χ4n) is 1.44. The zero-order chi connectivity index (χ0) is 14.3. The number of aliphatic carboxylic acids is 1. The molecular formula is C13H15N3O3. The van der Waals surface area contributed by atoms with Gasteiger partial charge in [-0.2, -0.15) is 5.26 Å². The smallest absolute Gasteiger partial charge is 0.325 e. The van der Waals surface area contributed by atoms with E-state index in [0.29, 0.717) is 5.69 Å². The summed E-state index contributed by atoms with van der Waals surface area (Å²) in [4.78, 5) is 24.1. The molecule has 0 heterocycles. The van der Waals surface area contributed by atoms with Gasteiger partial charge < -0.3 is 10.4 Å². The highest BCUT2D eigenvalue weighted by atomic mass is 16.4. The van der Waals surface area contributed by atoms with E-state index in [9.17, 15) is 9.59 Å². The zero-order valence-corrected chi connectivity index (χ0v) is 10.5. The molecule has 2 amide bonds. The van der Waals surface area contributed by atoms with Crippen LogP contribution >= 0.6 is 0 Å². The fourth-order valence-corrected chi connectivity index (χ4v) is 1.44. The predicted octanol–water partition coefficient (Wildman–Crippen LogP) is 1.59. The van der Waals surface area contributed by atoms with Crippen molar-refractivity contribution in [2.75, 3.05) is 11.4 Å². The van der Waals surface area contributed by atoms with Gasteiger partial charge in [0, 0.05) is 12.2 Å². The number of nitrogens with one attached hydrogen (secondary N) is 1. The van der Waals surface area contributed by atoms with E-state index in [1.165, 1.54) is 11.8 Å². The molecule has 19 heavy (non-hydrogen) atoms. The maximum Gasteiger partial charge on any atom is 0.325 e. The van der Waals surface area contributed by atoms with Crippen molar-refractivity contribution in [2.45, 2.75) is 19.4 Å². The topological polar surface area (TPSA) is 93.4 Å². The number of benzene rings is 1. The molecule has 1 aromatic carbocycles. The Balaban J connectivity index is 2.83. The van der Waals surface area contributed by atoms with Gasteiger partial charge in [-0.15, -0.1) is 0 Å². The third-order valence-electron chi connectivity index (χ3n) is 2.47. The van der Waals surface area contributed by atoms with E-state index >= 15 is 0 Å². The number of nitriles is 1. The van der Waals surface area contributed by atoms with E-state index < -0.39 is 18.0 Å². The van der Waals surface area contributed by atoms with E-state index in [4.69, 9.17) is 10.4 Å². The molecule has 0 saturated carbocycles. The Bertz CT molecular complexity index is 482. The number of amides is 2. The molecule has 2 N–H and O–H groups in total. The van der Waals surface area contributed by atoms with Crippen LogP contribution in [0.25, 0.3) is 0 Å². The number of hydrogen-bond donors (Lipinski definition) is 2. The van der Waals surface area contributed by atoms with Gasteiger partial charge in [0.1, 0.15) is 6.04 Å². The highest BCUT2D eigenvalue weighted by Crippen LogP contribution is 2.13. The largest absolute Gasteiger partial charge is 0.480 e. The Morgan fingerprint density at radius 2 is 2.05 bits per heavy atom. The number of carboxylic acid groups (broad SMARTS) is 1. The minimum absolute atomic E-state index is 0.170. The van der Waals surface area contributed by atoms with E-state index in [0.717, 1.165) is 0 Å². The Labute approximate surface area is 111 Å². The molecule has 0 aliphatic carbocycles. The van der Waals surface area contributed by atoms with Gasteiger partial charge in [0.25, 0.3) is 0 Å². The summed E-state index contributed by atoms with van der Waals surface area (Å²) in [5, 5.41) is 19.8. The van der Waals surface area contributed by atoms with Crippen molar-refractivity contribution in [1.29, 1.82) is 5.26 Å². The van der Waals surface area contributed by atoms with Crippen LogP contribution in [0.5, 0.6) is 0 Å². The molecule has 0 aromatic heterocycles. The summed E-state index contributed by atoms with van der Waals surface area (Å²) in [6.07, 6.45) is 0.170. The molecule has 0 radical (unpaired) electrons. The lowest BCUT2D eigenvalue weighted by molar-refractivity contribution is -0.138. The van der Waals surface area contributed by atoms with Crippen LogP contribution < -0.4 is 10.2 Å². The summed E-state index contributed by atoms with van der Waals surface area (Å²) in [6.45, 7) is 1.59. The number of carbonyl (C=O) groups is 2. The summed E-state index contributed by atoms with van der Waals surface area (Å²) in [6, 6.07) is 9.24. The molecule has 1 atom stereocenters. The number of anilines is 1. The predicted molar refractivity (Wildman–Crippen MR) is 69.6 cm³/mol. The van der Waals surface area contributed by atoms with E-state index in [1.54, 1.807) is 24.3 Å². The third-order valence-corrected chi connectivity index (χ3v) is 2.47. The summed E-state index contributed by atoms with van der Waals surface area (Å²) in [5.41, 5.74) is 0.618. The van der Waals surface area contributed by atoms with Crippen molar-refractivity contribution in [3.05, 3.63) is 30.3 Å². The third kappa shape index (κ3) is 4.32. The monoisotopic (exact) mass is 261 g/mol.